The molecule has 4 atom stereocenters. The molecule has 5 heterocycles. The predicted molar refractivity (Wildman–Crippen MR) is 118 cm³/mol. The van der Waals surface area contributed by atoms with Gasteiger partial charge in [0.1, 0.15) is 18.5 Å². The number of carbonyl (C=O) groups is 2. The highest BCUT2D eigenvalue weighted by Gasteiger charge is 2.50. The average molecular weight is 476 g/mol. The summed E-state index contributed by atoms with van der Waals surface area (Å²) in [5, 5.41) is 10.8. The standard InChI is InChI=1S/C22H20N8O5/c1-12(31)34-18-17-15(8-30-14(9-33-17)7-26-28-30)35-22(18)29-11-25-16-19(23-10-24-20(16)29)27-21(32)13-5-3-2-4-6-13/h2-7,10-11,15,17-18,22H,8-9H2,1H3,(H,23,24,27,32)/t15-,17+,18-,22-/m1/s1. The van der Waals surface area contributed by atoms with Gasteiger partial charge in [-0.15, -0.1) is 5.10 Å². The number of amides is 1. The Morgan fingerprint density at radius 3 is 2.86 bits per heavy atom. The molecule has 3 aromatic heterocycles. The number of hydrogen-bond donors (Lipinski definition) is 1. The molecule has 2 aliphatic rings. The Balaban J connectivity index is 1.33. The quantitative estimate of drug-likeness (QED) is 0.424. The third-order valence-corrected chi connectivity index (χ3v) is 5.96. The number of aromatic nitrogens is 7. The van der Waals surface area contributed by atoms with Gasteiger partial charge in [-0.1, -0.05) is 23.4 Å². The molecule has 1 fully saturated rings. The fourth-order valence-corrected chi connectivity index (χ4v) is 4.39. The molecule has 2 aliphatic heterocycles. The molecule has 1 N–H and O–H groups in total. The first-order valence-corrected chi connectivity index (χ1v) is 10.9. The SMILES string of the molecule is CC(=O)O[C@@H]1[C@H]2OCc3cnnn3C[C@H]2O[C@H]1n1cnc2c(NC(=O)c3ccccc3)ncnc21. The smallest absolute Gasteiger partial charge is 0.303 e. The highest BCUT2D eigenvalue weighted by atomic mass is 16.6. The fraction of sp³-hybridized carbons (Fsp3) is 0.318. The van der Waals surface area contributed by atoms with E-state index in [9.17, 15) is 9.59 Å². The van der Waals surface area contributed by atoms with Crippen molar-refractivity contribution >= 4 is 28.9 Å². The van der Waals surface area contributed by atoms with Crippen molar-refractivity contribution in [1.82, 2.24) is 34.5 Å². The molecular weight excluding hydrogens is 456 g/mol. The summed E-state index contributed by atoms with van der Waals surface area (Å²) in [4.78, 5) is 37.6. The van der Waals surface area contributed by atoms with Gasteiger partial charge in [0.2, 0.25) is 0 Å². The zero-order chi connectivity index (χ0) is 23.9. The summed E-state index contributed by atoms with van der Waals surface area (Å²) >= 11 is 0. The molecule has 1 saturated heterocycles. The number of ether oxygens (including phenoxy) is 3. The van der Waals surface area contributed by atoms with E-state index in [1.807, 2.05) is 6.07 Å². The van der Waals surface area contributed by atoms with Crippen LogP contribution in [0.5, 0.6) is 0 Å². The van der Waals surface area contributed by atoms with Gasteiger partial charge in [0.05, 0.1) is 31.4 Å². The molecule has 178 valence electrons. The topological polar surface area (TPSA) is 148 Å². The molecule has 4 aromatic rings. The van der Waals surface area contributed by atoms with Crippen LogP contribution in [0.3, 0.4) is 0 Å². The van der Waals surface area contributed by atoms with E-state index in [0.29, 0.717) is 23.3 Å². The van der Waals surface area contributed by atoms with Crippen molar-refractivity contribution in [2.75, 3.05) is 5.32 Å². The molecule has 35 heavy (non-hydrogen) atoms. The number of nitrogens with one attached hydrogen (secondary N) is 1. The fourth-order valence-electron chi connectivity index (χ4n) is 4.39. The minimum Gasteiger partial charge on any atom is -0.455 e. The number of rotatable bonds is 4. The first kappa shape index (κ1) is 21.3. The molecule has 0 radical (unpaired) electrons. The zero-order valence-electron chi connectivity index (χ0n) is 18.5. The minimum atomic E-state index is -0.767. The number of esters is 1. The van der Waals surface area contributed by atoms with Crippen LogP contribution in [0.25, 0.3) is 11.2 Å². The number of benzene rings is 1. The van der Waals surface area contributed by atoms with Crippen LogP contribution >= 0.6 is 0 Å². The van der Waals surface area contributed by atoms with Crippen molar-refractivity contribution in [3.8, 4) is 0 Å². The van der Waals surface area contributed by atoms with Gasteiger partial charge >= 0.3 is 5.97 Å². The number of fused-ring (bicyclic) bond motifs is 3. The lowest BCUT2D eigenvalue weighted by atomic mass is 10.1. The number of imidazole rings is 1. The van der Waals surface area contributed by atoms with E-state index in [0.717, 1.165) is 5.69 Å². The molecular formula is C22H20N8O5. The highest BCUT2D eigenvalue weighted by molar-refractivity contribution is 6.06. The van der Waals surface area contributed by atoms with E-state index in [1.165, 1.54) is 19.6 Å². The molecule has 13 heteroatoms. The Hall–Kier alpha value is -4.23. The number of carbonyl (C=O) groups excluding carboxylic acids is 2. The van der Waals surface area contributed by atoms with Crippen LogP contribution in [-0.4, -0.2) is 64.7 Å². The Kier molecular flexibility index (Phi) is 5.19. The third kappa shape index (κ3) is 3.80. The van der Waals surface area contributed by atoms with Crippen molar-refractivity contribution in [2.24, 2.45) is 0 Å². The van der Waals surface area contributed by atoms with Crippen molar-refractivity contribution in [2.45, 2.75) is 44.6 Å². The maximum atomic E-state index is 12.7. The molecule has 0 aliphatic carbocycles. The van der Waals surface area contributed by atoms with E-state index in [4.69, 9.17) is 14.2 Å². The maximum absolute atomic E-state index is 12.7. The van der Waals surface area contributed by atoms with Crippen LogP contribution in [0.2, 0.25) is 0 Å². The summed E-state index contributed by atoms with van der Waals surface area (Å²) in [5.74, 6) is -0.539. The summed E-state index contributed by atoms with van der Waals surface area (Å²) in [7, 11) is 0. The molecule has 0 unspecified atom stereocenters. The molecule has 1 amide bonds. The van der Waals surface area contributed by atoms with Gasteiger partial charge in [-0.2, -0.15) is 0 Å². The number of hydrogen-bond acceptors (Lipinski definition) is 10. The highest BCUT2D eigenvalue weighted by Crippen LogP contribution is 2.38. The lowest BCUT2D eigenvalue weighted by Crippen LogP contribution is -2.37. The van der Waals surface area contributed by atoms with Crippen molar-refractivity contribution in [3.63, 3.8) is 0 Å². The first-order valence-electron chi connectivity index (χ1n) is 10.9. The second-order valence-electron chi connectivity index (χ2n) is 8.19. The van der Waals surface area contributed by atoms with E-state index < -0.39 is 30.5 Å². The second-order valence-corrected chi connectivity index (χ2v) is 8.19. The van der Waals surface area contributed by atoms with E-state index in [1.54, 1.807) is 39.7 Å². The molecule has 0 saturated carbocycles. The van der Waals surface area contributed by atoms with Crippen LogP contribution in [0, 0.1) is 0 Å². The number of anilines is 1. The van der Waals surface area contributed by atoms with Crippen LogP contribution in [0.1, 0.15) is 29.2 Å². The maximum Gasteiger partial charge on any atom is 0.303 e. The van der Waals surface area contributed by atoms with Crippen molar-refractivity contribution in [1.29, 1.82) is 0 Å². The predicted octanol–water partition coefficient (Wildman–Crippen LogP) is 1.10. The van der Waals surface area contributed by atoms with Crippen LogP contribution < -0.4 is 5.32 Å². The van der Waals surface area contributed by atoms with Crippen LogP contribution in [0.15, 0.2) is 49.2 Å². The largest absolute Gasteiger partial charge is 0.455 e. The molecule has 1 aromatic carbocycles. The monoisotopic (exact) mass is 476 g/mol. The van der Waals surface area contributed by atoms with Crippen molar-refractivity contribution in [3.05, 3.63) is 60.4 Å². The van der Waals surface area contributed by atoms with E-state index >= 15 is 0 Å². The van der Waals surface area contributed by atoms with E-state index in [-0.39, 0.29) is 18.3 Å². The lowest BCUT2D eigenvalue weighted by Gasteiger charge is -2.23. The third-order valence-electron chi connectivity index (χ3n) is 5.96. The first-order chi connectivity index (χ1) is 17.1. The molecule has 0 bridgehead atoms. The lowest BCUT2D eigenvalue weighted by molar-refractivity contribution is -0.158. The van der Waals surface area contributed by atoms with Gasteiger partial charge in [-0.05, 0) is 12.1 Å². The summed E-state index contributed by atoms with van der Waals surface area (Å²) in [6, 6.07) is 8.78. The summed E-state index contributed by atoms with van der Waals surface area (Å²) in [6.07, 6.45) is 1.95. The van der Waals surface area contributed by atoms with Crippen LogP contribution in [0.4, 0.5) is 5.82 Å². The summed E-state index contributed by atoms with van der Waals surface area (Å²) in [5.41, 5.74) is 2.07. The Labute approximate surface area is 198 Å². The van der Waals surface area contributed by atoms with Gasteiger partial charge in [0, 0.05) is 12.5 Å². The summed E-state index contributed by atoms with van der Waals surface area (Å²) < 4.78 is 21.4. The van der Waals surface area contributed by atoms with Gasteiger partial charge in [-0.3, -0.25) is 14.2 Å². The Bertz CT molecular complexity index is 1400. The Morgan fingerprint density at radius 1 is 1.17 bits per heavy atom. The second kappa shape index (κ2) is 8.52. The molecule has 0 spiro atoms. The van der Waals surface area contributed by atoms with Crippen LogP contribution in [-0.2, 0) is 32.2 Å². The Morgan fingerprint density at radius 2 is 2.03 bits per heavy atom. The minimum absolute atomic E-state index is 0.252. The average Bonchev–Trinajstić information content (AvgIpc) is 3.54. The summed E-state index contributed by atoms with van der Waals surface area (Å²) in [6.45, 7) is 1.97. The van der Waals surface area contributed by atoms with Gasteiger partial charge in [0.25, 0.3) is 5.91 Å². The normalized spacial score (nSPS) is 23.3. The zero-order valence-corrected chi connectivity index (χ0v) is 18.5. The van der Waals surface area contributed by atoms with Gasteiger partial charge in [-0.25, -0.2) is 19.6 Å². The van der Waals surface area contributed by atoms with Gasteiger partial charge in [0.15, 0.2) is 29.3 Å². The van der Waals surface area contributed by atoms with E-state index in [2.05, 4.69) is 30.6 Å². The van der Waals surface area contributed by atoms with Gasteiger partial charge < -0.3 is 19.5 Å². The molecule has 6 rings (SSSR count). The number of nitrogens with zero attached hydrogens (tertiary/aromatic N) is 7. The molecule has 13 nitrogen and oxygen atoms in total. The van der Waals surface area contributed by atoms with Crippen molar-refractivity contribution < 1.29 is 23.8 Å².